The number of aromatic carboxylic acids is 1. The van der Waals surface area contributed by atoms with Gasteiger partial charge in [0.25, 0.3) is 5.91 Å². The molecule has 1 saturated heterocycles. The lowest BCUT2D eigenvalue weighted by atomic mass is 10.2. The zero-order valence-corrected chi connectivity index (χ0v) is 22.4. The Bertz CT molecular complexity index is 1310. The van der Waals surface area contributed by atoms with Gasteiger partial charge in [-0.25, -0.2) is 9.79 Å². The molecule has 1 fully saturated rings. The molecule has 0 atom stereocenters. The van der Waals surface area contributed by atoms with Gasteiger partial charge in [0, 0.05) is 10.6 Å². The van der Waals surface area contributed by atoms with Crippen molar-refractivity contribution in [2.75, 3.05) is 7.05 Å². The van der Waals surface area contributed by atoms with Gasteiger partial charge < -0.3 is 9.84 Å². The Morgan fingerprint density at radius 3 is 2.50 bits per heavy atom. The Balaban J connectivity index is 1.47. The standard InChI is InChI=1S/C25H18BrIN2O4S/c1-29-23(30)22(34-25(29)28-19-9-5-17(6-10-19)24(31)32)13-16-4-11-21(20(26)12-16)33-14-15-2-7-18(27)8-3-15/h2-13H,14H2,1H3,(H,31,32). The minimum Gasteiger partial charge on any atom is -0.488 e. The topological polar surface area (TPSA) is 79.2 Å². The molecule has 1 N–H and O–H groups in total. The van der Waals surface area contributed by atoms with Gasteiger partial charge in [-0.1, -0.05) is 18.2 Å². The summed E-state index contributed by atoms with van der Waals surface area (Å²) in [5, 5.41) is 9.55. The molecule has 0 radical (unpaired) electrons. The van der Waals surface area contributed by atoms with Crippen molar-refractivity contribution in [1.29, 1.82) is 0 Å². The van der Waals surface area contributed by atoms with Gasteiger partial charge >= 0.3 is 5.97 Å². The molecule has 172 valence electrons. The number of carbonyl (C=O) groups excluding carboxylic acids is 1. The summed E-state index contributed by atoms with van der Waals surface area (Å²) in [5.41, 5.74) is 2.69. The van der Waals surface area contributed by atoms with Crippen molar-refractivity contribution in [3.05, 3.63) is 96.4 Å². The van der Waals surface area contributed by atoms with Gasteiger partial charge in [-0.2, -0.15) is 0 Å². The number of carboxylic acid groups (broad SMARTS) is 1. The molecule has 9 heteroatoms. The van der Waals surface area contributed by atoms with Gasteiger partial charge in [0.05, 0.1) is 20.6 Å². The molecule has 0 unspecified atom stereocenters. The molecule has 0 saturated carbocycles. The molecule has 0 aromatic heterocycles. The van der Waals surface area contributed by atoms with E-state index in [2.05, 4.69) is 43.5 Å². The average Bonchev–Trinajstić information content (AvgIpc) is 3.07. The summed E-state index contributed by atoms with van der Waals surface area (Å²) < 4.78 is 7.90. The predicted molar refractivity (Wildman–Crippen MR) is 146 cm³/mol. The van der Waals surface area contributed by atoms with Crippen molar-refractivity contribution in [3.63, 3.8) is 0 Å². The highest BCUT2D eigenvalue weighted by molar-refractivity contribution is 14.1. The largest absolute Gasteiger partial charge is 0.488 e. The summed E-state index contributed by atoms with van der Waals surface area (Å²) in [6.07, 6.45) is 1.81. The summed E-state index contributed by atoms with van der Waals surface area (Å²) in [6.45, 7) is 0.461. The number of rotatable bonds is 6. The quantitative estimate of drug-likeness (QED) is 0.242. The van der Waals surface area contributed by atoms with E-state index in [1.165, 1.54) is 32.4 Å². The molecule has 0 bridgehead atoms. The molecule has 1 aliphatic rings. The monoisotopic (exact) mass is 648 g/mol. The maximum atomic E-state index is 12.7. The van der Waals surface area contributed by atoms with Crippen LogP contribution in [0, 0.1) is 3.57 Å². The minimum absolute atomic E-state index is 0.152. The summed E-state index contributed by atoms with van der Waals surface area (Å²) in [6, 6.07) is 20.0. The summed E-state index contributed by atoms with van der Waals surface area (Å²) >= 11 is 7.10. The van der Waals surface area contributed by atoms with Crippen LogP contribution in [0.3, 0.4) is 0 Å². The molecular weight excluding hydrogens is 631 g/mol. The Morgan fingerprint density at radius 1 is 1.15 bits per heavy atom. The fourth-order valence-electron chi connectivity index (χ4n) is 3.06. The lowest BCUT2D eigenvalue weighted by Crippen LogP contribution is -2.23. The van der Waals surface area contributed by atoms with E-state index in [1.807, 2.05) is 48.5 Å². The van der Waals surface area contributed by atoms with E-state index in [9.17, 15) is 9.59 Å². The van der Waals surface area contributed by atoms with Gasteiger partial charge in [-0.3, -0.25) is 9.69 Å². The highest BCUT2D eigenvalue weighted by Crippen LogP contribution is 2.34. The number of aliphatic imine (C=N–C) groups is 1. The van der Waals surface area contributed by atoms with Crippen LogP contribution in [0.15, 0.2) is 81.1 Å². The number of amides is 1. The maximum absolute atomic E-state index is 12.7. The number of carbonyl (C=O) groups is 2. The van der Waals surface area contributed by atoms with Crippen LogP contribution in [0.2, 0.25) is 0 Å². The number of likely N-dealkylation sites (N-methyl/N-ethyl adjacent to an activating group) is 1. The van der Waals surface area contributed by atoms with E-state index in [-0.39, 0.29) is 11.5 Å². The molecule has 1 amide bonds. The van der Waals surface area contributed by atoms with E-state index in [4.69, 9.17) is 9.84 Å². The Labute approximate surface area is 223 Å². The number of benzene rings is 3. The first-order chi connectivity index (χ1) is 16.3. The third-order valence-corrected chi connectivity index (χ3v) is 7.30. The van der Waals surface area contributed by atoms with Gasteiger partial charge in [-0.05, 0) is 116 Å². The average molecular weight is 649 g/mol. The highest BCUT2D eigenvalue weighted by atomic mass is 127. The van der Waals surface area contributed by atoms with Crippen molar-refractivity contribution in [2.45, 2.75) is 6.61 Å². The van der Waals surface area contributed by atoms with E-state index in [0.717, 1.165) is 21.3 Å². The number of thioether (sulfide) groups is 1. The fourth-order valence-corrected chi connectivity index (χ4v) is 4.92. The van der Waals surface area contributed by atoms with Crippen molar-refractivity contribution < 1.29 is 19.4 Å². The molecule has 1 aliphatic heterocycles. The van der Waals surface area contributed by atoms with Gasteiger partial charge in [-0.15, -0.1) is 0 Å². The van der Waals surface area contributed by atoms with Crippen molar-refractivity contribution >= 4 is 79.1 Å². The third kappa shape index (κ3) is 5.89. The number of hydrogen-bond donors (Lipinski definition) is 1. The lowest BCUT2D eigenvalue weighted by Gasteiger charge is -2.09. The van der Waals surface area contributed by atoms with Crippen molar-refractivity contribution in [1.82, 2.24) is 4.90 Å². The SMILES string of the molecule is CN1C(=O)C(=Cc2ccc(OCc3ccc(I)cc3)c(Br)c2)SC1=Nc1ccc(C(=O)O)cc1. The van der Waals surface area contributed by atoms with Gasteiger partial charge in [0.2, 0.25) is 0 Å². The van der Waals surface area contributed by atoms with Crippen LogP contribution in [0.1, 0.15) is 21.5 Å². The van der Waals surface area contributed by atoms with E-state index in [0.29, 0.717) is 22.4 Å². The fraction of sp³-hybridized carbons (Fsp3) is 0.0800. The number of carboxylic acids is 1. The molecule has 0 spiro atoms. The summed E-state index contributed by atoms with van der Waals surface area (Å²) in [7, 11) is 1.66. The van der Waals surface area contributed by atoms with Crippen molar-refractivity contribution in [2.24, 2.45) is 4.99 Å². The van der Waals surface area contributed by atoms with Crippen molar-refractivity contribution in [3.8, 4) is 5.75 Å². The normalized spacial score (nSPS) is 15.9. The second kappa shape index (κ2) is 10.7. The third-order valence-electron chi connectivity index (χ3n) is 4.90. The number of nitrogens with zero attached hydrogens (tertiary/aromatic N) is 2. The molecule has 1 heterocycles. The van der Waals surface area contributed by atoms with Crippen LogP contribution in [0.5, 0.6) is 5.75 Å². The van der Waals surface area contributed by atoms with Crippen LogP contribution < -0.4 is 4.74 Å². The molecule has 34 heavy (non-hydrogen) atoms. The highest BCUT2D eigenvalue weighted by Gasteiger charge is 2.30. The Morgan fingerprint density at radius 2 is 1.85 bits per heavy atom. The van der Waals surface area contributed by atoms with Crippen LogP contribution >= 0.6 is 50.3 Å². The minimum atomic E-state index is -0.996. The Hall–Kier alpha value is -2.63. The lowest BCUT2D eigenvalue weighted by molar-refractivity contribution is -0.121. The van der Waals surface area contributed by atoms with E-state index in [1.54, 1.807) is 19.2 Å². The zero-order chi connectivity index (χ0) is 24.2. The zero-order valence-electron chi connectivity index (χ0n) is 17.9. The second-order valence-electron chi connectivity index (χ2n) is 7.33. The number of amidine groups is 1. The van der Waals surface area contributed by atoms with Crippen LogP contribution in [0.25, 0.3) is 6.08 Å². The Kier molecular flexibility index (Phi) is 7.74. The molecule has 3 aromatic carbocycles. The first-order valence-electron chi connectivity index (χ1n) is 10.1. The predicted octanol–water partition coefficient (Wildman–Crippen LogP) is 6.56. The van der Waals surface area contributed by atoms with E-state index < -0.39 is 5.97 Å². The number of halogens is 2. The number of ether oxygens (including phenoxy) is 1. The molecule has 3 aromatic rings. The summed E-state index contributed by atoms with van der Waals surface area (Å²) in [5.74, 6) is -0.430. The van der Waals surface area contributed by atoms with Gasteiger partial charge in [0.15, 0.2) is 5.17 Å². The van der Waals surface area contributed by atoms with Gasteiger partial charge in [0.1, 0.15) is 12.4 Å². The molecule has 4 rings (SSSR count). The van der Waals surface area contributed by atoms with E-state index >= 15 is 0 Å². The second-order valence-corrected chi connectivity index (χ2v) is 10.4. The summed E-state index contributed by atoms with van der Waals surface area (Å²) in [4.78, 5) is 30.3. The molecule has 6 nitrogen and oxygen atoms in total. The first-order valence-corrected chi connectivity index (χ1v) is 12.8. The maximum Gasteiger partial charge on any atom is 0.335 e. The smallest absolute Gasteiger partial charge is 0.335 e. The van der Waals surface area contributed by atoms with Crippen LogP contribution in [-0.4, -0.2) is 34.1 Å². The molecule has 0 aliphatic carbocycles. The van der Waals surface area contributed by atoms with Crippen LogP contribution in [-0.2, 0) is 11.4 Å². The van der Waals surface area contributed by atoms with Crippen LogP contribution in [0.4, 0.5) is 5.69 Å². The first kappa shape index (κ1) is 24.5. The molecular formula is C25H18BrIN2O4S. The number of hydrogen-bond acceptors (Lipinski definition) is 5.